The summed E-state index contributed by atoms with van der Waals surface area (Å²) in [4.78, 5) is 27.2. The van der Waals surface area contributed by atoms with Crippen molar-refractivity contribution in [1.82, 2.24) is 4.90 Å². The summed E-state index contributed by atoms with van der Waals surface area (Å²) in [6.45, 7) is 0.352. The molecule has 0 bridgehead atoms. The van der Waals surface area contributed by atoms with Crippen LogP contribution in [0.3, 0.4) is 0 Å². The summed E-state index contributed by atoms with van der Waals surface area (Å²) < 4.78 is 26.4. The van der Waals surface area contributed by atoms with Gasteiger partial charge in [-0.05, 0) is 30.3 Å². The number of rotatable bonds is 4. The van der Waals surface area contributed by atoms with E-state index in [0.29, 0.717) is 15.7 Å². The summed E-state index contributed by atoms with van der Waals surface area (Å²) in [6.07, 6.45) is 0. The van der Waals surface area contributed by atoms with Crippen molar-refractivity contribution >= 4 is 46.5 Å². The molecule has 1 fully saturated rings. The molecule has 26 heavy (non-hydrogen) atoms. The Bertz CT molecular complexity index is 859. The molecular formula is C17H13Cl2F2N3O2. The molecule has 0 saturated carbocycles. The summed E-state index contributed by atoms with van der Waals surface area (Å²) in [5, 5.41) is 3.35. The number of carbonyl (C=O) groups excluding carboxylic acids is 2. The summed E-state index contributed by atoms with van der Waals surface area (Å²) in [5.74, 6) is -2.45. The quantitative estimate of drug-likeness (QED) is 0.839. The number of hydrogen-bond donors (Lipinski definition) is 1. The van der Waals surface area contributed by atoms with Crippen molar-refractivity contribution < 1.29 is 18.4 Å². The maximum Gasteiger partial charge on any atom is 0.325 e. The second-order valence-electron chi connectivity index (χ2n) is 5.66. The molecule has 1 aliphatic rings. The lowest BCUT2D eigenvalue weighted by atomic mass is 10.3. The van der Waals surface area contributed by atoms with Crippen molar-refractivity contribution in [1.29, 1.82) is 0 Å². The largest absolute Gasteiger partial charge is 0.325 e. The first-order valence-electron chi connectivity index (χ1n) is 7.61. The van der Waals surface area contributed by atoms with Gasteiger partial charge in [-0.3, -0.25) is 9.69 Å². The van der Waals surface area contributed by atoms with E-state index in [4.69, 9.17) is 23.2 Å². The van der Waals surface area contributed by atoms with Crippen LogP contribution in [0.1, 0.15) is 0 Å². The summed E-state index contributed by atoms with van der Waals surface area (Å²) in [5.41, 5.74) is 0.648. The molecule has 9 heteroatoms. The Labute approximate surface area is 158 Å². The van der Waals surface area contributed by atoms with E-state index in [2.05, 4.69) is 5.32 Å². The minimum atomic E-state index is -1.04. The lowest BCUT2D eigenvalue weighted by Crippen LogP contribution is -2.37. The first-order chi connectivity index (χ1) is 12.3. The zero-order chi connectivity index (χ0) is 18.8. The number of hydrogen-bond acceptors (Lipinski definition) is 2. The maximum absolute atomic E-state index is 13.4. The monoisotopic (exact) mass is 399 g/mol. The number of benzene rings is 2. The molecule has 0 aromatic heterocycles. The second kappa shape index (κ2) is 7.47. The fourth-order valence-corrected chi connectivity index (χ4v) is 3.15. The Morgan fingerprint density at radius 3 is 2.38 bits per heavy atom. The standard InChI is InChI=1S/C17H13Cl2F2N3O2/c18-10-5-11(19)7-12(6-10)22-16(25)9-23-3-4-24(17(23)26)13-1-2-14(20)15(21)8-13/h1-2,5-8H,3-4,9H2,(H,22,25). The molecular weight excluding hydrogens is 387 g/mol. The van der Waals surface area contributed by atoms with Gasteiger partial charge in [-0.2, -0.15) is 0 Å². The molecule has 1 N–H and O–H groups in total. The summed E-state index contributed by atoms with van der Waals surface area (Å²) in [7, 11) is 0. The molecule has 5 nitrogen and oxygen atoms in total. The molecule has 2 aromatic carbocycles. The van der Waals surface area contributed by atoms with Crippen LogP contribution in [-0.2, 0) is 4.79 Å². The molecule has 0 unspecified atom stereocenters. The van der Waals surface area contributed by atoms with Gasteiger partial charge in [-0.15, -0.1) is 0 Å². The van der Waals surface area contributed by atoms with E-state index in [1.54, 1.807) is 0 Å². The Morgan fingerprint density at radius 1 is 1.04 bits per heavy atom. The van der Waals surface area contributed by atoms with Gasteiger partial charge in [0.2, 0.25) is 5.91 Å². The molecule has 1 saturated heterocycles. The van der Waals surface area contributed by atoms with E-state index < -0.39 is 23.6 Å². The lowest BCUT2D eigenvalue weighted by molar-refractivity contribution is -0.116. The van der Waals surface area contributed by atoms with Gasteiger partial charge in [0.25, 0.3) is 0 Å². The Hall–Kier alpha value is -2.38. The van der Waals surface area contributed by atoms with Crippen LogP contribution < -0.4 is 10.2 Å². The third-order valence-electron chi connectivity index (χ3n) is 3.79. The molecule has 136 valence electrons. The Kier molecular flexibility index (Phi) is 5.29. The predicted octanol–water partition coefficient (Wildman–Crippen LogP) is 4.15. The van der Waals surface area contributed by atoms with Crippen LogP contribution in [0.5, 0.6) is 0 Å². The molecule has 2 aromatic rings. The topological polar surface area (TPSA) is 52.7 Å². The number of carbonyl (C=O) groups is 2. The van der Waals surface area contributed by atoms with Gasteiger partial charge < -0.3 is 10.2 Å². The van der Waals surface area contributed by atoms with Crippen molar-refractivity contribution in [3.8, 4) is 0 Å². The van der Waals surface area contributed by atoms with E-state index in [1.807, 2.05) is 0 Å². The molecule has 0 atom stereocenters. The molecule has 1 heterocycles. The van der Waals surface area contributed by atoms with Gasteiger partial charge in [-0.1, -0.05) is 23.2 Å². The van der Waals surface area contributed by atoms with Gasteiger partial charge in [0.1, 0.15) is 6.54 Å². The van der Waals surface area contributed by atoms with Gasteiger partial charge in [0.05, 0.1) is 0 Å². The van der Waals surface area contributed by atoms with Crippen LogP contribution in [0.4, 0.5) is 25.0 Å². The van der Waals surface area contributed by atoms with E-state index in [0.717, 1.165) is 12.1 Å². The van der Waals surface area contributed by atoms with Crippen LogP contribution in [0.25, 0.3) is 0 Å². The zero-order valence-corrected chi connectivity index (χ0v) is 14.8. The summed E-state index contributed by atoms with van der Waals surface area (Å²) >= 11 is 11.7. The average molecular weight is 400 g/mol. The Balaban J connectivity index is 1.64. The third-order valence-corrected chi connectivity index (χ3v) is 4.23. The van der Waals surface area contributed by atoms with Gasteiger partial charge in [-0.25, -0.2) is 13.6 Å². The van der Waals surface area contributed by atoms with Crippen LogP contribution in [0.15, 0.2) is 36.4 Å². The normalized spacial score (nSPS) is 14.1. The first-order valence-corrected chi connectivity index (χ1v) is 8.36. The first kappa shape index (κ1) is 18.4. The number of halogens is 4. The number of nitrogens with zero attached hydrogens (tertiary/aromatic N) is 2. The molecule has 0 radical (unpaired) electrons. The third kappa shape index (κ3) is 4.05. The van der Waals surface area contributed by atoms with Crippen LogP contribution in [0, 0.1) is 11.6 Å². The smallest absolute Gasteiger partial charge is 0.324 e. The average Bonchev–Trinajstić information content (AvgIpc) is 2.90. The highest BCUT2D eigenvalue weighted by Crippen LogP contribution is 2.24. The molecule has 3 amide bonds. The van der Waals surface area contributed by atoms with Crippen LogP contribution in [0.2, 0.25) is 10.0 Å². The lowest BCUT2D eigenvalue weighted by Gasteiger charge is -2.18. The maximum atomic E-state index is 13.4. The van der Waals surface area contributed by atoms with E-state index in [1.165, 1.54) is 34.1 Å². The fraction of sp³-hybridized carbons (Fsp3) is 0.176. The van der Waals surface area contributed by atoms with Crippen LogP contribution >= 0.6 is 23.2 Å². The van der Waals surface area contributed by atoms with Gasteiger partial charge in [0.15, 0.2) is 11.6 Å². The second-order valence-corrected chi connectivity index (χ2v) is 6.53. The van der Waals surface area contributed by atoms with Crippen molar-refractivity contribution in [3.63, 3.8) is 0 Å². The highest BCUT2D eigenvalue weighted by atomic mass is 35.5. The van der Waals surface area contributed by atoms with Crippen molar-refractivity contribution in [2.24, 2.45) is 0 Å². The minimum absolute atomic E-state index is 0.191. The number of urea groups is 1. The van der Waals surface area contributed by atoms with Crippen molar-refractivity contribution in [3.05, 3.63) is 58.1 Å². The van der Waals surface area contributed by atoms with Gasteiger partial charge >= 0.3 is 6.03 Å². The van der Waals surface area contributed by atoms with E-state index >= 15 is 0 Å². The molecule has 0 spiro atoms. The van der Waals surface area contributed by atoms with Crippen molar-refractivity contribution in [2.75, 3.05) is 29.9 Å². The van der Waals surface area contributed by atoms with E-state index in [9.17, 15) is 18.4 Å². The predicted molar refractivity (Wildman–Crippen MR) is 95.8 cm³/mol. The molecule has 3 rings (SSSR count). The number of amides is 3. The number of anilines is 2. The minimum Gasteiger partial charge on any atom is -0.324 e. The molecule has 1 aliphatic heterocycles. The Morgan fingerprint density at radius 2 is 1.73 bits per heavy atom. The highest BCUT2D eigenvalue weighted by molar-refractivity contribution is 6.35. The summed E-state index contributed by atoms with van der Waals surface area (Å²) in [6, 6.07) is 7.35. The van der Waals surface area contributed by atoms with Crippen molar-refractivity contribution in [2.45, 2.75) is 0 Å². The highest BCUT2D eigenvalue weighted by Gasteiger charge is 2.31. The molecule has 0 aliphatic carbocycles. The van der Waals surface area contributed by atoms with E-state index in [-0.39, 0.29) is 25.3 Å². The van der Waals surface area contributed by atoms with Crippen LogP contribution in [-0.4, -0.2) is 36.5 Å². The zero-order valence-electron chi connectivity index (χ0n) is 13.3. The SMILES string of the molecule is O=C(CN1CCN(c2ccc(F)c(F)c2)C1=O)Nc1cc(Cl)cc(Cl)c1. The number of nitrogens with one attached hydrogen (secondary N) is 1. The van der Waals surface area contributed by atoms with Gasteiger partial charge in [0, 0.05) is 40.6 Å². The fourth-order valence-electron chi connectivity index (χ4n) is 2.62.